The maximum atomic E-state index is 10.9. The minimum Gasteiger partial charge on any atom is -0.369 e. The van der Waals surface area contributed by atoms with E-state index in [1.54, 1.807) is 0 Å². The topological polar surface area (TPSA) is 84.2 Å². The maximum Gasteiger partial charge on any atom is 0.231 e. The Morgan fingerprint density at radius 2 is 2.00 bits per heavy atom. The quantitative estimate of drug-likeness (QED) is 0.665. The number of hydrogen-bond acceptors (Lipinski definition) is 3. The van der Waals surface area contributed by atoms with Crippen LogP contribution in [-0.4, -0.2) is 18.4 Å². The van der Waals surface area contributed by atoms with Gasteiger partial charge in [0.1, 0.15) is 0 Å². The largest absolute Gasteiger partial charge is 0.369 e. The monoisotopic (exact) mass is 221 g/mol. The zero-order valence-corrected chi connectivity index (χ0v) is 9.12. The Bertz CT molecular complexity index is 391. The number of amides is 2. The Morgan fingerprint density at radius 3 is 2.62 bits per heavy atom. The number of hydrogen-bond donors (Lipinski definition) is 3. The third-order valence-corrected chi connectivity index (χ3v) is 1.94. The number of benzene rings is 1. The fraction of sp³-hybridized carbons (Fsp3) is 0.273. The first-order valence-electron chi connectivity index (χ1n) is 4.94. The molecule has 0 fully saturated rings. The second kappa shape index (κ2) is 5.87. The summed E-state index contributed by atoms with van der Waals surface area (Å²) < 4.78 is 0. The van der Waals surface area contributed by atoms with E-state index in [0.29, 0.717) is 6.54 Å². The van der Waals surface area contributed by atoms with E-state index in [9.17, 15) is 9.59 Å². The molecule has 0 radical (unpaired) electrons. The summed E-state index contributed by atoms with van der Waals surface area (Å²) >= 11 is 0. The molecule has 0 aromatic heterocycles. The first kappa shape index (κ1) is 12.2. The molecule has 16 heavy (non-hydrogen) atoms. The molecule has 4 N–H and O–H groups in total. The highest BCUT2D eigenvalue weighted by Crippen LogP contribution is 2.14. The third kappa shape index (κ3) is 4.10. The van der Waals surface area contributed by atoms with Crippen LogP contribution in [0.25, 0.3) is 0 Å². The number of carbonyl (C=O) groups is 2. The number of anilines is 1. The molecular formula is C11H15N3O2. The SMILES string of the molecule is CC(=O)Nc1ccccc1CNCC(N)=O. The lowest BCUT2D eigenvalue weighted by molar-refractivity contribution is -0.117. The Hall–Kier alpha value is -1.88. The van der Waals surface area contributed by atoms with Gasteiger partial charge in [0.05, 0.1) is 6.54 Å². The van der Waals surface area contributed by atoms with Crippen molar-refractivity contribution in [1.82, 2.24) is 5.32 Å². The van der Waals surface area contributed by atoms with Crippen LogP contribution in [0.1, 0.15) is 12.5 Å². The zero-order chi connectivity index (χ0) is 12.0. The molecule has 0 heterocycles. The molecule has 0 aliphatic rings. The molecule has 0 spiro atoms. The third-order valence-electron chi connectivity index (χ3n) is 1.94. The lowest BCUT2D eigenvalue weighted by Crippen LogP contribution is -2.28. The molecule has 2 amide bonds. The summed E-state index contributed by atoms with van der Waals surface area (Å²) in [7, 11) is 0. The second-order valence-electron chi connectivity index (χ2n) is 3.41. The number of carbonyl (C=O) groups excluding carboxylic acids is 2. The molecule has 1 aromatic rings. The molecule has 0 atom stereocenters. The van der Waals surface area contributed by atoms with Gasteiger partial charge in [0.25, 0.3) is 0 Å². The van der Waals surface area contributed by atoms with Gasteiger partial charge in [0, 0.05) is 19.2 Å². The summed E-state index contributed by atoms with van der Waals surface area (Å²) in [5.74, 6) is -0.528. The number of rotatable bonds is 5. The van der Waals surface area contributed by atoms with Gasteiger partial charge in [0.2, 0.25) is 11.8 Å². The normalized spacial score (nSPS) is 9.81. The van der Waals surface area contributed by atoms with Gasteiger partial charge in [-0.05, 0) is 11.6 Å². The van der Waals surface area contributed by atoms with E-state index < -0.39 is 5.91 Å². The highest BCUT2D eigenvalue weighted by Gasteiger charge is 2.03. The van der Waals surface area contributed by atoms with Crippen molar-refractivity contribution in [2.75, 3.05) is 11.9 Å². The van der Waals surface area contributed by atoms with E-state index in [1.165, 1.54) is 6.92 Å². The van der Waals surface area contributed by atoms with Crippen LogP contribution >= 0.6 is 0 Å². The van der Waals surface area contributed by atoms with E-state index in [4.69, 9.17) is 5.73 Å². The van der Waals surface area contributed by atoms with Crippen LogP contribution in [0, 0.1) is 0 Å². The Labute approximate surface area is 94.0 Å². The van der Waals surface area contributed by atoms with Gasteiger partial charge < -0.3 is 16.4 Å². The van der Waals surface area contributed by atoms with E-state index in [-0.39, 0.29) is 12.5 Å². The smallest absolute Gasteiger partial charge is 0.231 e. The molecule has 0 unspecified atom stereocenters. The molecule has 0 aliphatic heterocycles. The predicted octanol–water partition coefficient (Wildman–Crippen LogP) is 0.220. The van der Waals surface area contributed by atoms with Gasteiger partial charge in [0.15, 0.2) is 0 Å². The molecule has 5 nitrogen and oxygen atoms in total. The number of nitrogens with one attached hydrogen (secondary N) is 2. The minimum absolute atomic E-state index is 0.119. The molecule has 0 bridgehead atoms. The van der Waals surface area contributed by atoms with Crippen molar-refractivity contribution in [2.45, 2.75) is 13.5 Å². The summed E-state index contributed by atoms with van der Waals surface area (Å²) in [5, 5.41) is 5.61. The van der Waals surface area contributed by atoms with E-state index in [1.807, 2.05) is 24.3 Å². The van der Waals surface area contributed by atoms with Crippen LogP contribution in [-0.2, 0) is 16.1 Å². The summed E-state index contributed by atoms with van der Waals surface area (Å²) in [6, 6.07) is 7.39. The first-order valence-corrected chi connectivity index (χ1v) is 4.94. The minimum atomic E-state index is -0.406. The van der Waals surface area contributed by atoms with E-state index in [0.717, 1.165) is 11.3 Å². The number of para-hydroxylation sites is 1. The Balaban J connectivity index is 2.63. The predicted molar refractivity (Wildman–Crippen MR) is 61.6 cm³/mol. The van der Waals surface area contributed by atoms with Crippen molar-refractivity contribution in [3.63, 3.8) is 0 Å². The molecule has 0 saturated heterocycles. The number of nitrogens with two attached hydrogens (primary N) is 1. The van der Waals surface area contributed by atoms with Crippen molar-refractivity contribution in [3.05, 3.63) is 29.8 Å². The van der Waals surface area contributed by atoms with Crippen LogP contribution in [0.4, 0.5) is 5.69 Å². The molecule has 1 aromatic carbocycles. The standard InChI is InChI=1S/C11H15N3O2/c1-8(15)14-10-5-3-2-4-9(10)6-13-7-11(12)16/h2-5,13H,6-7H2,1H3,(H2,12,16)(H,14,15). The van der Waals surface area contributed by atoms with Crippen LogP contribution in [0.2, 0.25) is 0 Å². The molecule has 1 rings (SSSR count). The summed E-state index contributed by atoms with van der Waals surface area (Å²) in [6.45, 7) is 2.06. The Kier molecular flexibility index (Phi) is 4.47. The van der Waals surface area contributed by atoms with Gasteiger partial charge in [-0.3, -0.25) is 9.59 Å². The summed E-state index contributed by atoms with van der Waals surface area (Å²) in [6.07, 6.45) is 0. The first-order chi connectivity index (χ1) is 7.59. The van der Waals surface area contributed by atoms with Gasteiger partial charge in [-0.2, -0.15) is 0 Å². The van der Waals surface area contributed by atoms with Crippen molar-refractivity contribution < 1.29 is 9.59 Å². The van der Waals surface area contributed by atoms with E-state index in [2.05, 4.69) is 10.6 Å². The van der Waals surface area contributed by atoms with Crippen molar-refractivity contribution in [3.8, 4) is 0 Å². The van der Waals surface area contributed by atoms with Gasteiger partial charge >= 0.3 is 0 Å². The fourth-order valence-electron chi connectivity index (χ4n) is 1.31. The summed E-state index contributed by atoms with van der Waals surface area (Å²) in [5.41, 5.74) is 6.66. The van der Waals surface area contributed by atoms with Gasteiger partial charge in [-0.15, -0.1) is 0 Å². The fourth-order valence-corrected chi connectivity index (χ4v) is 1.31. The molecular weight excluding hydrogens is 206 g/mol. The average molecular weight is 221 g/mol. The molecule has 0 saturated carbocycles. The Morgan fingerprint density at radius 1 is 1.31 bits per heavy atom. The van der Waals surface area contributed by atoms with Crippen molar-refractivity contribution in [2.24, 2.45) is 5.73 Å². The van der Waals surface area contributed by atoms with Crippen LogP contribution in [0.3, 0.4) is 0 Å². The molecule has 0 aliphatic carbocycles. The second-order valence-corrected chi connectivity index (χ2v) is 3.41. The number of primary amides is 1. The zero-order valence-electron chi connectivity index (χ0n) is 9.12. The average Bonchev–Trinajstić information content (AvgIpc) is 2.19. The van der Waals surface area contributed by atoms with Gasteiger partial charge in [-0.25, -0.2) is 0 Å². The van der Waals surface area contributed by atoms with Crippen LogP contribution in [0.15, 0.2) is 24.3 Å². The molecule has 5 heteroatoms. The lowest BCUT2D eigenvalue weighted by atomic mass is 10.1. The lowest BCUT2D eigenvalue weighted by Gasteiger charge is -2.09. The summed E-state index contributed by atoms with van der Waals surface area (Å²) in [4.78, 5) is 21.5. The highest BCUT2D eigenvalue weighted by molar-refractivity contribution is 5.89. The highest BCUT2D eigenvalue weighted by atomic mass is 16.1. The molecule has 86 valence electrons. The van der Waals surface area contributed by atoms with Crippen LogP contribution < -0.4 is 16.4 Å². The van der Waals surface area contributed by atoms with Crippen LogP contribution in [0.5, 0.6) is 0 Å². The van der Waals surface area contributed by atoms with Gasteiger partial charge in [-0.1, -0.05) is 18.2 Å². The maximum absolute atomic E-state index is 10.9. The van der Waals surface area contributed by atoms with E-state index >= 15 is 0 Å². The van der Waals surface area contributed by atoms with Crippen molar-refractivity contribution >= 4 is 17.5 Å². The van der Waals surface area contributed by atoms with Crippen molar-refractivity contribution in [1.29, 1.82) is 0 Å².